The summed E-state index contributed by atoms with van der Waals surface area (Å²) in [5.74, 6) is 1.85. The second-order valence-electron chi connectivity index (χ2n) is 6.78. The van der Waals surface area contributed by atoms with Crippen molar-refractivity contribution >= 4 is 29.9 Å². The zero-order valence-corrected chi connectivity index (χ0v) is 16.8. The molecule has 1 N–H and O–H groups in total. The van der Waals surface area contributed by atoms with Crippen LogP contribution in [0.25, 0.3) is 0 Å². The van der Waals surface area contributed by atoms with Crippen LogP contribution < -0.4 is 10.1 Å². The van der Waals surface area contributed by atoms with Crippen molar-refractivity contribution in [3.8, 4) is 5.75 Å². The molecule has 0 spiro atoms. The van der Waals surface area contributed by atoms with Crippen LogP contribution in [0.1, 0.15) is 33.3 Å². The molecule has 1 aromatic carbocycles. The van der Waals surface area contributed by atoms with E-state index in [1.165, 1.54) is 5.56 Å². The number of hydrogen-bond donors (Lipinski definition) is 1. The Morgan fingerprint density at radius 2 is 1.82 bits per heavy atom. The van der Waals surface area contributed by atoms with E-state index >= 15 is 0 Å². The molecule has 0 bridgehead atoms. The summed E-state index contributed by atoms with van der Waals surface area (Å²) in [6.07, 6.45) is 0. The Morgan fingerprint density at radius 3 is 2.23 bits per heavy atom. The number of nitrogens with one attached hydrogen (secondary N) is 1. The van der Waals surface area contributed by atoms with Gasteiger partial charge in [0.25, 0.3) is 0 Å². The molecule has 22 heavy (non-hydrogen) atoms. The van der Waals surface area contributed by atoms with Crippen LogP contribution in [0.3, 0.4) is 0 Å². The van der Waals surface area contributed by atoms with E-state index in [4.69, 9.17) is 4.74 Å². The van der Waals surface area contributed by atoms with E-state index in [2.05, 4.69) is 55.0 Å². The van der Waals surface area contributed by atoms with Crippen LogP contribution in [0, 0.1) is 5.41 Å². The Hall–Kier alpha value is -0.980. The number of hydrogen-bond acceptors (Lipinski definition) is 2. The van der Waals surface area contributed by atoms with Crippen molar-refractivity contribution in [1.29, 1.82) is 0 Å². The van der Waals surface area contributed by atoms with Gasteiger partial charge < -0.3 is 15.0 Å². The topological polar surface area (TPSA) is 36.9 Å². The van der Waals surface area contributed by atoms with Gasteiger partial charge in [-0.1, -0.05) is 26.0 Å². The first-order valence-electron chi connectivity index (χ1n) is 7.43. The number of rotatable bonds is 3. The number of benzene rings is 1. The van der Waals surface area contributed by atoms with Gasteiger partial charge in [-0.2, -0.15) is 0 Å². The smallest absolute Gasteiger partial charge is 0.194 e. The van der Waals surface area contributed by atoms with E-state index in [9.17, 15) is 0 Å². The maximum Gasteiger partial charge on any atom is 0.194 e. The third-order valence-electron chi connectivity index (χ3n) is 4.96. The molecule has 0 aromatic heterocycles. The Bertz CT molecular complexity index is 523. The monoisotopic (exact) mass is 417 g/mol. The fourth-order valence-corrected chi connectivity index (χ4v) is 2.62. The van der Waals surface area contributed by atoms with Crippen molar-refractivity contribution in [2.75, 3.05) is 20.7 Å². The molecule has 2 rings (SSSR count). The fraction of sp³-hybridized carbons (Fsp3) is 0.588. The number of nitrogens with zero attached hydrogens (tertiary/aromatic N) is 2. The normalized spacial score (nSPS) is 19.0. The molecule has 0 atom stereocenters. The first-order chi connectivity index (χ1) is 9.81. The second-order valence-corrected chi connectivity index (χ2v) is 6.78. The molecule has 1 aliphatic heterocycles. The van der Waals surface area contributed by atoms with E-state index in [1.54, 1.807) is 7.11 Å². The lowest BCUT2D eigenvalue weighted by atomic mass is 9.65. The number of halogens is 1. The highest BCUT2D eigenvalue weighted by atomic mass is 127. The molecule has 1 saturated heterocycles. The van der Waals surface area contributed by atoms with Gasteiger partial charge in [0.15, 0.2) is 5.96 Å². The van der Waals surface area contributed by atoms with Crippen molar-refractivity contribution in [2.24, 2.45) is 10.4 Å². The van der Waals surface area contributed by atoms with Gasteiger partial charge in [0.05, 0.1) is 7.11 Å². The fourth-order valence-electron chi connectivity index (χ4n) is 2.62. The minimum atomic E-state index is 0. The Morgan fingerprint density at radius 1 is 1.23 bits per heavy atom. The van der Waals surface area contributed by atoms with Crippen LogP contribution in [0.2, 0.25) is 0 Å². The maximum absolute atomic E-state index is 5.18. The quantitative estimate of drug-likeness (QED) is 0.465. The number of ether oxygens (including phenoxy) is 1. The van der Waals surface area contributed by atoms with Crippen molar-refractivity contribution < 1.29 is 4.74 Å². The van der Waals surface area contributed by atoms with Gasteiger partial charge in [0, 0.05) is 31.1 Å². The summed E-state index contributed by atoms with van der Waals surface area (Å²) >= 11 is 0. The highest BCUT2D eigenvalue weighted by Gasteiger charge is 2.53. The van der Waals surface area contributed by atoms with Crippen molar-refractivity contribution in [1.82, 2.24) is 10.2 Å². The zero-order chi connectivity index (χ0) is 15.7. The number of guanidine groups is 1. The van der Waals surface area contributed by atoms with Crippen LogP contribution in [0.4, 0.5) is 0 Å². The van der Waals surface area contributed by atoms with Gasteiger partial charge in [-0.3, -0.25) is 4.99 Å². The van der Waals surface area contributed by atoms with E-state index < -0.39 is 0 Å². The molecule has 0 amide bonds. The highest BCUT2D eigenvalue weighted by Crippen LogP contribution is 2.46. The minimum Gasteiger partial charge on any atom is -0.497 e. The minimum absolute atomic E-state index is 0. The number of aliphatic imine (C=N–C) groups is 1. The molecule has 124 valence electrons. The summed E-state index contributed by atoms with van der Waals surface area (Å²) in [6, 6.07) is 8.11. The van der Waals surface area contributed by atoms with Gasteiger partial charge in [-0.15, -0.1) is 24.0 Å². The number of methoxy groups -OCH3 is 1. The molecule has 0 radical (unpaired) electrons. The molecule has 0 aliphatic carbocycles. The third-order valence-corrected chi connectivity index (χ3v) is 4.96. The average molecular weight is 417 g/mol. The molecular weight excluding hydrogens is 389 g/mol. The summed E-state index contributed by atoms with van der Waals surface area (Å²) in [4.78, 5) is 6.77. The first kappa shape index (κ1) is 19.1. The molecule has 1 heterocycles. The van der Waals surface area contributed by atoms with E-state index in [0.29, 0.717) is 5.41 Å². The highest BCUT2D eigenvalue weighted by molar-refractivity contribution is 14.0. The van der Waals surface area contributed by atoms with E-state index in [-0.39, 0.29) is 29.5 Å². The summed E-state index contributed by atoms with van der Waals surface area (Å²) in [5.41, 5.74) is 1.65. The predicted octanol–water partition coefficient (Wildman–Crippen LogP) is 3.51. The third kappa shape index (κ3) is 3.50. The molecule has 1 aliphatic rings. The Balaban J connectivity index is 0.00000242. The number of likely N-dealkylation sites (tertiary alicyclic amines) is 1. The van der Waals surface area contributed by atoms with Gasteiger partial charge in [0.1, 0.15) is 5.75 Å². The molecule has 0 unspecified atom stereocenters. The zero-order valence-electron chi connectivity index (χ0n) is 14.4. The summed E-state index contributed by atoms with van der Waals surface area (Å²) in [6.45, 7) is 11.0. The first-order valence-corrected chi connectivity index (χ1v) is 7.43. The van der Waals surface area contributed by atoms with E-state index in [1.807, 2.05) is 19.2 Å². The van der Waals surface area contributed by atoms with Gasteiger partial charge in [-0.25, -0.2) is 0 Å². The molecule has 0 saturated carbocycles. The molecular formula is C17H28IN3O. The van der Waals surface area contributed by atoms with Gasteiger partial charge in [-0.05, 0) is 31.5 Å². The van der Waals surface area contributed by atoms with Crippen molar-refractivity contribution in [3.63, 3.8) is 0 Å². The van der Waals surface area contributed by atoms with Crippen LogP contribution in [0.15, 0.2) is 29.3 Å². The average Bonchev–Trinajstić information content (AvgIpc) is 2.47. The van der Waals surface area contributed by atoms with Crippen molar-refractivity contribution in [3.05, 3.63) is 29.8 Å². The predicted molar refractivity (Wildman–Crippen MR) is 103 cm³/mol. The SMILES string of the molecule is CN=C(NCc1ccc(OC)cc1)N1CC(C)(C)C1(C)C.I. The Kier molecular flexibility index (Phi) is 6.12. The second kappa shape index (κ2) is 7.06. The molecule has 1 fully saturated rings. The summed E-state index contributed by atoms with van der Waals surface area (Å²) in [7, 11) is 3.53. The van der Waals surface area contributed by atoms with Crippen LogP contribution >= 0.6 is 24.0 Å². The lowest BCUT2D eigenvalue weighted by molar-refractivity contribution is -0.0667. The summed E-state index contributed by atoms with van der Waals surface area (Å²) in [5, 5.41) is 3.45. The van der Waals surface area contributed by atoms with Gasteiger partial charge >= 0.3 is 0 Å². The van der Waals surface area contributed by atoms with Crippen LogP contribution in [-0.2, 0) is 6.54 Å². The molecule has 1 aromatic rings. The Labute approximate surface area is 151 Å². The van der Waals surface area contributed by atoms with Crippen LogP contribution in [-0.4, -0.2) is 37.1 Å². The lowest BCUT2D eigenvalue weighted by Gasteiger charge is -2.62. The molecule has 4 nitrogen and oxygen atoms in total. The summed E-state index contributed by atoms with van der Waals surface area (Å²) < 4.78 is 5.18. The molecule has 5 heteroatoms. The standard InChI is InChI=1S/C17H27N3O.HI/c1-16(2)12-20(17(16,3)4)15(18-5)19-11-13-7-9-14(21-6)10-8-13;/h7-10H,11-12H2,1-6H3,(H,18,19);1H. The maximum atomic E-state index is 5.18. The van der Waals surface area contributed by atoms with Gasteiger partial charge in [0.2, 0.25) is 0 Å². The van der Waals surface area contributed by atoms with Crippen LogP contribution in [0.5, 0.6) is 5.75 Å². The lowest BCUT2D eigenvalue weighted by Crippen LogP contribution is -2.72. The van der Waals surface area contributed by atoms with Crippen molar-refractivity contribution in [2.45, 2.75) is 39.8 Å². The van der Waals surface area contributed by atoms with E-state index in [0.717, 1.165) is 24.8 Å². The largest absolute Gasteiger partial charge is 0.497 e.